The van der Waals surface area contributed by atoms with Crippen molar-refractivity contribution in [3.05, 3.63) is 35.7 Å². The van der Waals surface area contributed by atoms with Crippen molar-refractivity contribution in [1.82, 2.24) is 15.1 Å². The first-order valence-corrected chi connectivity index (χ1v) is 5.81. The number of aromatic carboxylic acids is 1. The molecule has 2 rings (SSSR count). The van der Waals surface area contributed by atoms with Gasteiger partial charge in [-0.05, 0) is 0 Å². The Morgan fingerprint density at radius 1 is 1.53 bits per heavy atom. The normalized spacial score (nSPS) is 10.7. The van der Waals surface area contributed by atoms with Crippen LogP contribution in [0, 0.1) is 0 Å². The number of aromatic nitrogens is 3. The third kappa shape index (κ3) is 3.06. The van der Waals surface area contributed by atoms with E-state index in [1.807, 2.05) is 13.8 Å². The van der Waals surface area contributed by atoms with Crippen molar-refractivity contribution < 1.29 is 14.4 Å². The second-order valence-corrected chi connectivity index (χ2v) is 4.29. The van der Waals surface area contributed by atoms with Crippen molar-refractivity contribution in [3.63, 3.8) is 0 Å². The lowest BCUT2D eigenvalue weighted by molar-refractivity contribution is 0.0691. The molecule has 0 aliphatic rings. The first-order valence-electron chi connectivity index (χ1n) is 5.81. The highest BCUT2D eigenvalue weighted by atomic mass is 16.5. The molecule has 0 unspecified atom stereocenters. The maximum atomic E-state index is 11.2. The van der Waals surface area contributed by atoms with E-state index in [-0.39, 0.29) is 11.6 Å². The molecule has 0 atom stereocenters. The smallest absolute Gasteiger partial charge is 0.356 e. The molecule has 0 radical (unpaired) electrons. The predicted octanol–water partition coefficient (Wildman–Crippen LogP) is 1.90. The summed E-state index contributed by atoms with van der Waals surface area (Å²) in [7, 11) is 0. The molecule has 2 heterocycles. The van der Waals surface area contributed by atoms with E-state index in [1.54, 1.807) is 6.07 Å². The number of anilines is 1. The summed E-state index contributed by atoms with van der Waals surface area (Å²) in [6, 6.07) is 1.69. The van der Waals surface area contributed by atoms with Crippen LogP contribution in [0.4, 0.5) is 5.69 Å². The van der Waals surface area contributed by atoms with Crippen LogP contribution in [0.25, 0.3) is 0 Å². The fraction of sp³-hybridized carbons (Fsp3) is 0.333. The molecule has 0 aliphatic heterocycles. The lowest BCUT2D eigenvalue weighted by Crippen LogP contribution is -2.12. The van der Waals surface area contributed by atoms with Gasteiger partial charge in [-0.25, -0.2) is 14.8 Å². The van der Waals surface area contributed by atoms with Crippen LogP contribution in [0.5, 0.6) is 0 Å². The lowest BCUT2D eigenvalue weighted by Gasteiger charge is -2.10. The van der Waals surface area contributed by atoms with Crippen molar-refractivity contribution in [2.75, 3.05) is 5.32 Å². The van der Waals surface area contributed by atoms with E-state index >= 15 is 0 Å². The van der Waals surface area contributed by atoms with E-state index in [1.165, 1.54) is 12.5 Å². The minimum absolute atomic E-state index is 0.0396. The van der Waals surface area contributed by atoms with Gasteiger partial charge in [0.1, 0.15) is 17.8 Å². The Hall–Kier alpha value is -2.44. The zero-order valence-corrected chi connectivity index (χ0v) is 10.6. The number of hydrogen-bond donors (Lipinski definition) is 2. The lowest BCUT2D eigenvalue weighted by atomic mass is 10.2. The van der Waals surface area contributed by atoms with Gasteiger partial charge in [0, 0.05) is 12.0 Å². The molecular weight excluding hydrogens is 248 g/mol. The second kappa shape index (κ2) is 5.47. The number of nitrogens with zero attached hydrogens (tertiary/aromatic N) is 3. The molecule has 19 heavy (non-hydrogen) atoms. The zero-order valence-electron chi connectivity index (χ0n) is 10.6. The maximum absolute atomic E-state index is 11.2. The molecule has 2 aromatic rings. The Balaban J connectivity index is 2.21. The Bertz CT molecular complexity index is 566. The SMILES string of the molecule is CC(C)c1ncc(NCc2ccon2)c(C(=O)O)n1. The predicted molar refractivity (Wildman–Crippen MR) is 66.9 cm³/mol. The number of nitrogens with one attached hydrogen (secondary N) is 1. The number of hydrogen-bond acceptors (Lipinski definition) is 6. The highest BCUT2D eigenvalue weighted by Crippen LogP contribution is 2.17. The van der Waals surface area contributed by atoms with Crippen molar-refractivity contribution in [2.24, 2.45) is 0 Å². The van der Waals surface area contributed by atoms with E-state index in [4.69, 9.17) is 9.63 Å². The van der Waals surface area contributed by atoms with E-state index in [9.17, 15) is 4.79 Å². The molecule has 2 N–H and O–H groups in total. The second-order valence-electron chi connectivity index (χ2n) is 4.29. The van der Waals surface area contributed by atoms with Gasteiger partial charge in [0.05, 0.1) is 18.4 Å². The fourth-order valence-electron chi connectivity index (χ4n) is 1.48. The summed E-state index contributed by atoms with van der Waals surface area (Å²) in [5.41, 5.74) is 0.992. The van der Waals surface area contributed by atoms with Crippen LogP contribution in [-0.4, -0.2) is 26.2 Å². The maximum Gasteiger partial charge on any atom is 0.356 e. The zero-order chi connectivity index (χ0) is 13.8. The van der Waals surface area contributed by atoms with Crippen molar-refractivity contribution >= 4 is 11.7 Å². The average Bonchev–Trinajstić information content (AvgIpc) is 2.89. The summed E-state index contributed by atoms with van der Waals surface area (Å²) in [5.74, 6) is -0.515. The molecule has 0 aliphatic carbocycles. The van der Waals surface area contributed by atoms with Gasteiger partial charge in [-0.1, -0.05) is 19.0 Å². The van der Waals surface area contributed by atoms with Gasteiger partial charge in [0.25, 0.3) is 0 Å². The Morgan fingerprint density at radius 3 is 2.89 bits per heavy atom. The highest BCUT2D eigenvalue weighted by Gasteiger charge is 2.15. The molecule has 7 heteroatoms. The highest BCUT2D eigenvalue weighted by molar-refractivity contribution is 5.91. The number of carboxylic acid groups (broad SMARTS) is 1. The molecule has 0 saturated heterocycles. The minimum atomic E-state index is -1.09. The number of carboxylic acids is 1. The number of rotatable bonds is 5. The first kappa shape index (κ1) is 13.0. The molecule has 0 saturated carbocycles. The van der Waals surface area contributed by atoms with Gasteiger partial charge in [-0.3, -0.25) is 0 Å². The third-order valence-corrected chi connectivity index (χ3v) is 2.48. The van der Waals surface area contributed by atoms with Crippen LogP contribution in [0.15, 0.2) is 23.0 Å². The molecule has 0 aromatic carbocycles. The van der Waals surface area contributed by atoms with Gasteiger partial charge in [0.15, 0.2) is 5.69 Å². The molecule has 2 aromatic heterocycles. The van der Waals surface area contributed by atoms with Gasteiger partial charge in [0.2, 0.25) is 0 Å². The molecule has 0 bridgehead atoms. The van der Waals surface area contributed by atoms with Gasteiger partial charge in [-0.15, -0.1) is 0 Å². The van der Waals surface area contributed by atoms with Crippen LogP contribution in [0.3, 0.4) is 0 Å². The summed E-state index contributed by atoms with van der Waals surface area (Å²) < 4.78 is 4.69. The first-order chi connectivity index (χ1) is 9.08. The monoisotopic (exact) mass is 262 g/mol. The van der Waals surface area contributed by atoms with Crippen molar-refractivity contribution in [1.29, 1.82) is 0 Å². The van der Waals surface area contributed by atoms with Gasteiger partial charge >= 0.3 is 5.97 Å². The number of carbonyl (C=O) groups is 1. The molecule has 0 fully saturated rings. The molecule has 100 valence electrons. The molecule has 0 amide bonds. The van der Waals surface area contributed by atoms with E-state index in [2.05, 4.69) is 20.4 Å². The topological polar surface area (TPSA) is 101 Å². The average molecular weight is 262 g/mol. The fourth-order valence-corrected chi connectivity index (χ4v) is 1.48. The van der Waals surface area contributed by atoms with E-state index in [0.717, 1.165) is 0 Å². The van der Waals surface area contributed by atoms with Gasteiger partial charge < -0.3 is 14.9 Å². The summed E-state index contributed by atoms with van der Waals surface area (Å²) in [6.07, 6.45) is 2.93. The largest absolute Gasteiger partial charge is 0.476 e. The molecule has 0 spiro atoms. The molecule has 7 nitrogen and oxygen atoms in total. The standard InChI is InChI=1S/C12H14N4O3/c1-7(2)11-14-6-9(10(15-11)12(17)18)13-5-8-3-4-19-16-8/h3-4,6-7,13H,5H2,1-2H3,(H,17,18). The molecular formula is C12H14N4O3. The van der Waals surface area contributed by atoms with Crippen LogP contribution in [0.2, 0.25) is 0 Å². The Labute approximate surface area is 109 Å². The van der Waals surface area contributed by atoms with E-state index < -0.39 is 5.97 Å². The Morgan fingerprint density at radius 2 is 2.32 bits per heavy atom. The minimum Gasteiger partial charge on any atom is -0.476 e. The van der Waals surface area contributed by atoms with Crippen molar-refractivity contribution in [3.8, 4) is 0 Å². The van der Waals surface area contributed by atoms with Crippen LogP contribution in [0.1, 0.15) is 41.8 Å². The Kier molecular flexibility index (Phi) is 3.74. The van der Waals surface area contributed by atoms with Gasteiger partial charge in [-0.2, -0.15) is 0 Å². The summed E-state index contributed by atoms with van der Waals surface area (Å²) >= 11 is 0. The summed E-state index contributed by atoms with van der Waals surface area (Å²) in [4.78, 5) is 19.4. The quantitative estimate of drug-likeness (QED) is 0.848. The van der Waals surface area contributed by atoms with Crippen molar-refractivity contribution in [2.45, 2.75) is 26.3 Å². The third-order valence-electron chi connectivity index (χ3n) is 2.48. The van der Waals surface area contributed by atoms with Crippen LogP contribution >= 0.6 is 0 Å². The summed E-state index contributed by atoms with van der Waals surface area (Å²) in [5, 5.41) is 15.8. The van der Waals surface area contributed by atoms with Crippen LogP contribution < -0.4 is 5.32 Å². The van der Waals surface area contributed by atoms with E-state index in [0.29, 0.717) is 23.8 Å². The summed E-state index contributed by atoms with van der Waals surface area (Å²) in [6.45, 7) is 4.16. The van der Waals surface area contributed by atoms with Crippen LogP contribution in [-0.2, 0) is 6.54 Å².